The zero-order valence-electron chi connectivity index (χ0n) is 10.7. The van der Waals surface area contributed by atoms with E-state index in [4.69, 9.17) is 0 Å². The van der Waals surface area contributed by atoms with E-state index < -0.39 is 0 Å². The van der Waals surface area contributed by atoms with Crippen molar-refractivity contribution >= 4 is 11.6 Å². The second-order valence-electron chi connectivity index (χ2n) is 5.10. The summed E-state index contributed by atoms with van der Waals surface area (Å²) in [5, 5.41) is 3.32. The highest BCUT2D eigenvalue weighted by molar-refractivity contribution is 5.95. The number of fused-ring (bicyclic) bond motifs is 1. The molecule has 0 saturated heterocycles. The third-order valence-electron chi connectivity index (χ3n) is 3.79. The molecule has 0 aliphatic carbocycles. The van der Waals surface area contributed by atoms with Crippen LogP contribution in [0.25, 0.3) is 0 Å². The van der Waals surface area contributed by atoms with Crippen molar-refractivity contribution in [1.82, 2.24) is 4.90 Å². The van der Waals surface area contributed by atoms with Crippen molar-refractivity contribution in [1.29, 1.82) is 0 Å². The van der Waals surface area contributed by atoms with Crippen LogP contribution in [0.3, 0.4) is 0 Å². The first-order valence-electron chi connectivity index (χ1n) is 6.56. The van der Waals surface area contributed by atoms with Gasteiger partial charge in [-0.2, -0.15) is 0 Å². The predicted molar refractivity (Wildman–Crippen MR) is 72.9 cm³/mol. The monoisotopic (exact) mass is 242 g/mol. The zero-order valence-corrected chi connectivity index (χ0v) is 10.7. The second kappa shape index (κ2) is 4.48. The van der Waals surface area contributed by atoms with Gasteiger partial charge in [0.25, 0.3) is 5.91 Å². The Bertz CT molecular complexity index is 519. The van der Waals surface area contributed by atoms with Gasteiger partial charge >= 0.3 is 0 Å². The minimum absolute atomic E-state index is 0.148. The van der Waals surface area contributed by atoms with E-state index in [1.807, 2.05) is 17.0 Å². The molecule has 0 aromatic heterocycles. The summed E-state index contributed by atoms with van der Waals surface area (Å²) in [6.45, 7) is 4.70. The summed E-state index contributed by atoms with van der Waals surface area (Å²) in [7, 11) is 0. The van der Waals surface area contributed by atoms with E-state index in [1.54, 1.807) is 0 Å². The Kier molecular flexibility index (Phi) is 2.82. The van der Waals surface area contributed by atoms with Gasteiger partial charge in [0.1, 0.15) is 0 Å². The first-order valence-corrected chi connectivity index (χ1v) is 6.56. The van der Waals surface area contributed by atoms with E-state index in [1.165, 1.54) is 11.1 Å². The quantitative estimate of drug-likeness (QED) is 0.767. The number of benzene rings is 1. The molecule has 2 aliphatic rings. The zero-order chi connectivity index (χ0) is 12.5. The molecule has 94 valence electrons. The average molecular weight is 242 g/mol. The van der Waals surface area contributed by atoms with Crippen molar-refractivity contribution in [3.8, 4) is 0 Å². The topological polar surface area (TPSA) is 32.3 Å². The molecule has 1 aromatic rings. The van der Waals surface area contributed by atoms with Crippen LogP contribution >= 0.6 is 0 Å². The minimum atomic E-state index is 0.148. The van der Waals surface area contributed by atoms with Gasteiger partial charge in [0, 0.05) is 30.9 Å². The number of nitrogens with zero attached hydrogens (tertiary/aromatic N) is 1. The lowest BCUT2D eigenvalue weighted by Gasteiger charge is -2.25. The first kappa shape index (κ1) is 11.3. The average Bonchev–Trinajstić information content (AvgIpc) is 2.86. The standard InChI is InChI=1S/C15H18N2O/c1-11-5-8-17(9-6-11)15(18)13-3-2-12-4-7-16-14(12)10-13/h2-3,5,10,16H,4,6-9H2,1H3. The van der Waals surface area contributed by atoms with Crippen LogP contribution in [0.4, 0.5) is 5.69 Å². The third kappa shape index (κ3) is 2.01. The first-order chi connectivity index (χ1) is 8.74. The number of rotatable bonds is 1. The van der Waals surface area contributed by atoms with Crippen molar-refractivity contribution in [2.75, 3.05) is 25.0 Å². The van der Waals surface area contributed by atoms with E-state index in [0.717, 1.165) is 43.7 Å². The molecule has 1 amide bonds. The van der Waals surface area contributed by atoms with Crippen molar-refractivity contribution in [2.24, 2.45) is 0 Å². The number of anilines is 1. The van der Waals surface area contributed by atoms with Crippen LogP contribution in [0.5, 0.6) is 0 Å². The van der Waals surface area contributed by atoms with Gasteiger partial charge in [-0.05, 0) is 37.5 Å². The van der Waals surface area contributed by atoms with Crippen LogP contribution in [-0.4, -0.2) is 30.4 Å². The lowest BCUT2D eigenvalue weighted by Crippen LogP contribution is -2.34. The van der Waals surface area contributed by atoms with Crippen molar-refractivity contribution in [3.63, 3.8) is 0 Å². The van der Waals surface area contributed by atoms with Gasteiger partial charge in [-0.15, -0.1) is 0 Å². The summed E-state index contributed by atoms with van der Waals surface area (Å²) in [5.41, 5.74) is 4.64. The third-order valence-corrected chi connectivity index (χ3v) is 3.79. The summed E-state index contributed by atoms with van der Waals surface area (Å²) in [5.74, 6) is 0.148. The molecular formula is C15H18N2O. The SMILES string of the molecule is CC1=CCN(C(=O)c2ccc3c(c2)NCC3)CC1. The lowest BCUT2D eigenvalue weighted by atomic mass is 10.1. The normalized spacial score (nSPS) is 18.1. The number of nitrogens with one attached hydrogen (secondary N) is 1. The summed E-state index contributed by atoms with van der Waals surface area (Å²) < 4.78 is 0. The van der Waals surface area contributed by atoms with Gasteiger partial charge in [-0.25, -0.2) is 0 Å². The smallest absolute Gasteiger partial charge is 0.254 e. The highest BCUT2D eigenvalue weighted by Gasteiger charge is 2.19. The minimum Gasteiger partial charge on any atom is -0.384 e. The largest absolute Gasteiger partial charge is 0.384 e. The fraction of sp³-hybridized carbons (Fsp3) is 0.400. The fourth-order valence-corrected chi connectivity index (χ4v) is 2.56. The lowest BCUT2D eigenvalue weighted by molar-refractivity contribution is 0.0769. The summed E-state index contributed by atoms with van der Waals surface area (Å²) in [6, 6.07) is 6.03. The molecule has 0 unspecified atom stereocenters. The molecule has 0 spiro atoms. The Hall–Kier alpha value is -1.77. The summed E-state index contributed by atoms with van der Waals surface area (Å²) in [6.07, 6.45) is 4.21. The van der Waals surface area contributed by atoms with Crippen LogP contribution in [0.2, 0.25) is 0 Å². The van der Waals surface area contributed by atoms with Gasteiger partial charge in [-0.1, -0.05) is 17.7 Å². The van der Waals surface area contributed by atoms with Gasteiger partial charge in [0.15, 0.2) is 0 Å². The van der Waals surface area contributed by atoms with Crippen LogP contribution in [-0.2, 0) is 6.42 Å². The van der Waals surface area contributed by atoms with Crippen LogP contribution < -0.4 is 5.32 Å². The summed E-state index contributed by atoms with van der Waals surface area (Å²) in [4.78, 5) is 14.3. The van der Waals surface area contributed by atoms with Crippen molar-refractivity contribution in [2.45, 2.75) is 19.8 Å². The van der Waals surface area contributed by atoms with E-state index in [0.29, 0.717) is 0 Å². The van der Waals surface area contributed by atoms with E-state index >= 15 is 0 Å². The molecule has 18 heavy (non-hydrogen) atoms. The van der Waals surface area contributed by atoms with E-state index in [2.05, 4.69) is 24.4 Å². The molecule has 2 aliphatic heterocycles. The molecular weight excluding hydrogens is 224 g/mol. The molecule has 3 nitrogen and oxygen atoms in total. The van der Waals surface area contributed by atoms with Crippen LogP contribution in [0, 0.1) is 0 Å². The highest BCUT2D eigenvalue weighted by atomic mass is 16.2. The van der Waals surface area contributed by atoms with Gasteiger partial charge in [0.05, 0.1) is 0 Å². The maximum Gasteiger partial charge on any atom is 0.254 e. The molecule has 0 bridgehead atoms. The van der Waals surface area contributed by atoms with Crippen LogP contribution in [0.15, 0.2) is 29.8 Å². The summed E-state index contributed by atoms with van der Waals surface area (Å²) >= 11 is 0. The highest BCUT2D eigenvalue weighted by Crippen LogP contribution is 2.24. The van der Waals surface area contributed by atoms with E-state index in [-0.39, 0.29) is 5.91 Å². The molecule has 0 saturated carbocycles. The Morgan fingerprint density at radius 2 is 2.22 bits per heavy atom. The number of hydrogen-bond donors (Lipinski definition) is 1. The van der Waals surface area contributed by atoms with Crippen molar-refractivity contribution < 1.29 is 4.79 Å². The predicted octanol–water partition coefficient (Wildman–Crippen LogP) is 2.45. The fourth-order valence-electron chi connectivity index (χ4n) is 2.56. The Balaban J connectivity index is 1.80. The van der Waals surface area contributed by atoms with Gasteiger partial charge < -0.3 is 10.2 Å². The molecule has 1 N–H and O–H groups in total. The molecule has 0 fully saturated rings. The van der Waals surface area contributed by atoms with Gasteiger partial charge in [-0.3, -0.25) is 4.79 Å². The van der Waals surface area contributed by atoms with Crippen LogP contribution in [0.1, 0.15) is 29.3 Å². The number of amides is 1. The molecule has 2 heterocycles. The number of hydrogen-bond acceptors (Lipinski definition) is 2. The van der Waals surface area contributed by atoms with Crippen molar-refractivity contribution in [3.05, 3.63) is 41.0 Å². The number of carbonyl (C=O) groups is 1. The van der Waals surface area contributed by atoms with Gasteiger partial charge in [0.2, 0.25) is 0 Å². The Morgan fingerprint density at radius 3 is 3.00 bits per heavy atom. The molecule has 0 radical (unpaired) electrons. The molecule has 3 rings (SSSR count). The maximum atomic E-state index is 12.4. The van der Waals surface area contributed by atoms with E-state index in [9.17, 15) is 4.79 Å². The second-order valence-corrected chi connectivity index (χ2v) is 5.10. The molecule has 1 aromatic carbocycles. The maximum absolute atomic E-state index is 12.4. The Labute approximate surface area is 107 Å². The molecule has 0 atom stereocenters. The number of carbonyl (C=O) groups excluding carboxylic acids is 1. The molecule has 3 heteroatoms. The Morgan fingerprint density at radius 1 is 1.33 bits per heavy atom.